The first-order chi connectivity index (χ1) is 5.18. The molecule has 0 saturated carbocycles. The molecule has 0 heterocycles. The first kappa shape index (κ1) is 14.3. The van der Waals surface area contributed by atoms with Crippen molar-refractivity contribution < 1.29 is 32.8 Å². The third-order valence-electron chi connectivity index (χ3n) is 0.744. The van der Waals surface area contributed by atoms with Crippen LogP contribution >= 0.6 is 0 Å². The van der Waals surface area contributed by atoms with Crippen LogP contribution in [0.25, 0.3) is 0 Å². The second-order valence-electron chi connectivity index (χ2n) is 1.94. The minimum atomic E-state index is -4.67. The lowest BCUT2D eigenvalue weighted by molar-refractivity contribution is -0.00425. The van der Waals surface area contributed by atoms with Crippen LogP contribution in [0.5, 0.6) is 0 Å². The number of rotatable bonds is 2. The van der Waals surface area contributed by atoms with Gasteiger partial charge in [0.05, 0.1) is 12.7 Å². The molecule has 0 fully saturated rings. The summed E-state index contributed by atoms with van der Waals surface area (Å²) in [6.07, 6.45) is -1.81. The van der Waals surface area contributed by atoms with Crippen LogP contribution in [0.2, 0.25) is 0 Å². The van der Waals surface area contributed by atoms with Gasteiger partial charge in [0.25, 0.3) is 0 Å². The van der Waals surface area contributed by atoms with Gasteiger partial charge in [0, 0.05) is 0 Å². The van der Waals surface area contributed by atoms with Crippen molar-refractivity contribution in [2.45, 2.75) is 19.1 Å². The highest BCUT2D eigenvalue weighted by molar-refractivity contribution is 7.79. The van der Waals surface area contributed by atoms with Gasteiger partial charge < -0.3 is 15.3 Å². The maximum atomic E-state index is 8.74. The van der Waals surface area contributed by atoms with E-state index in [4.69, 9.17) is 32.8 Å². The molecule has 0 aliphatic rings. The molecule has 5 N–H and O–H groups in total. The third kappa shape index (κ3) is 22.6. The smallest absolute Gasteiger partial charge is 0.394 e. The van der Waals surface area contributed by atoms with Gasteiger partial charge in [0.15, 0.2) is 0 Å². The van der Waals surface area contributed by atoms with E-state index in [1.807, 2.05) is 0 Å². The van der Waals surface area contributed by atoms with Crippen LogP contribution in [0.3, 0.4) is 0 Å². The van der Waals surface area contributed by atoms with Crippen molar-refractivity contribution in [3.8, 4) is 0 Å². The molecule has 0 aromatic rings. The van der Waals surface area contributed by atoms with Gasteiger partial charge in [-0.05, 0) is 6.92 Å². The van der Waals surface area contributed by atoms with Crippen molar-refractivity contribution in [2.24, 2.45) is 0 Å². The Morgan fingerprint density at radius 3 is 1.50 bits per heavy atom. The summed E-state index contributed by atoms with van der Waals surface area (Å²) in [6, 6.07) is 0. The van der Waals surface area contributed by atoms with Gasteiger partial charge >= 0.3 is 10.4 Å². The molecule has 0 bridgehead atoms. The predicted molar refractivity (Wildman–Crippen MR) is 39.0 cm³/mol. The van der Waals surface area contributed by atoms with Crippen LogP contribution in [0.1, 0.15) is 6.92 Å². The van der Waals surface area contributed by atoms with Crippen LogP contribution in [0.4, 0.5) is 0 Å². The van der Waals surface area contributed by atoms with Gasteiger partial charge in [-0.3, -0.25) is 9.11 Å². The zero-order valence-electron chi connectivity index (χ0n) is 6.32. The molecule has 0 aliphatic heterocycles. The minimum absolute atomic E-state index is 0.377. The van der Waals surface area contributed by atoms with Crippen molar-refractivity contribution in [3.63, 3.8) is 0 Å². The normalized spacial score (nSPS) is 15.8. The Labute approximate surface area is 69.9 Å². The molecule has 0 radical (unpaired) electrons. The Kier molecular flexibility index (Phi) is 7.48. The Morgan fingerprint density at radius 2 is 1.50 bits per heavy atom. The lowest BCUT2D eigenvalue weighted by Crippen LogP contribution is -2.25. The summed E-state index contributed by atoms with van der Waals surface area (Å²) in [6.45, 7) is 1.04. The molecule has 8 heteroatoms. The number of aliphatic hydroxyl groups excluding tert-OH is 3. The second kappa shape index (κ2) is 6.29. The molecule has 0 aliphatic carbocycles. The quantitative estimate of drug-likeness (QED) is 0.330. The zero-order chi connectivity index (χ0) is 10.4. The van der Waals surface area contributed by atoms with E-state index in [2.05, 4.69) is 0 Å². The summed E-state index contributed by atoms with van der Waals surface area (Å²) in [4.78, 5) is 0. The van der Waals surface area contributed by atoms with Gasteiger partial charge in [-0.1, -0.05) is 0 Å². The maximum Gasteiger partial charge on any atom is 0.394 e. The molecule has 0 aromatic carbocycles. The molecule has 7 nitrogen and oxygen atoms in total. The fourth-order valence-electron chi connectivity index (χ4n) is 0.153. The van der Waals surface area contributed by atoms with Crippen LogP contribution in [-0.4, -0.2) is 51.7 Å². The summed E-state index contributed by atoms with van der Waals surface area (Å²) in [5.41, 5.74) is 0. The number of aliphatic hydroxyl groups is 3. The summed E-state index contributed by atoms with van der Waals surface area (Å²) >= 11 is 0. The molecule has 76 valence electrons. The van der Waals surface area contributed by atoms with Crippen molar-refractivity contribution in [3.05, 3.63) is 0 Å². The van der Waals surface area contributed by atoms with Crippen LogP contribution in [0.15, 0.2) is 0 Å². The summed E-state index contributed by atoms with van der Waals surface area (Å²) < 4.78 is 31.6. The molecule has 12 heavy (non-hydrogen) atoms. The van der Waals surface area contributed by atoms with Crippen molar-refractivity contribution >= 4 is 10.4 Å². The fraction of sp³-hybridized carbons (Fsp3) is 1.00. The largest absolute Gasteiger partial charge is 0.394 e. The lowest BCUT2D eigenvalue weighted by Gasteiger charge is -2.07. The highest BCUT2D eigenvalue weighted by atomic mass is 32.3. The summed E-state index contributed by atoms with van der Waals surface area (Å²) in [5.74, 6) is 0. The van der Waals surface area contributed by atoms with Gasteiger partial charge in [0.2, 0.25) is 0 Å². The lowest BCUT2D eigenvalue weighted by atomic mass is 10.2. The average Bonchev–Trinajstić information content (AvgIpc) is 1.82. The van der Waals surface area contributed by atoms with E-state index in [9.17, 15) is 0 Å². The zero-order valence-corrected chi connectivity index (χ0v) is 7.14. The van der Waals surface area contributed by atoms with E-state index in [-0.39, 0.29) is 6.61 Å². The highest BCUT2D eigenvalue weighted by Gasteiger charge is 2.06. The molecule has 2 unspecified atom stereocenters. The molecule has 0 amide bonds. The minimum Gasteiger partial charge on any atom is -0.394 e. The summed E-state index contributed by atoms with van der Waals surface area (Å²) in [7, 11) is -4.67. The van der Waals surface area contributed by atoms with E-state index in [1.165, 1.54) is 6.92 Å². The molecule has 0 aromatic heterocycles. The van der Waals surface area contributed by atoms with E-state index >= 15 is 0 Å². The number of hydrogen-bond acceptors (Lipinski definition) is 5. The first-order valence-electron chi connectivity index (χ1n) is 2.85. The average molecular weight is 204 g/mol. The molecule has 0 saturated heterocycles. The maximum absolute atomic E-state index is 8.74. The SMILES string of the molecule is CC(O)C(O)CO.O=S(=O)(O)O. The Morgan fingerprint density at radius 1 is 1.25 bits per heavy atom. The first-order valence-corrected chi connectivity index (χ1v) is 4.25. The van der Waals surface area contributed by atoms with E-state index in [0.29, 0.717) is 0 Å². The Balaban J connectivity index is 0. The van der Waals surface area contributed by atoms with E-state index in [1.54, 1.807) is 0 Å². The van der Waals surface area contributed by atoms with Crippen LogP contribution in [-0.2, 0) is 10.4 Å². The van der Waals surface area contributed by atoms with E-state index < -0.39 is 22.6 Å². The van der Waals surface area contributed by atoms with Gasteiger partial charge in [0.1, 0.15) is 6.10 Å². The standard InChI is InChI=1S/C4H10O3.H2O4S/c1-3(6)4(7)2-5;1-5(2,3)4/h3-7H,2H2,1H3;(H2,1,2,3,4). The third-order valence-corrected chi connectivity index (χ3v) is 0.744. The molecule has 0 rings (SSSR count). The Hall–Kier alpha value is -0.250. The molecule has 2 atom stereocenters. The topological polar surface area (TPSA) is 135 Å². The van der Waals surface area contributed by atoms with E-state index in [0.717, 1.165) is 0 Å². The Bertz CT molecular complexity index is 176. The summed E-state index contributed by atoms with van der Waals surface area (Å²) in [5, 5.41) is 24.9. The van der Waals surface area contributed by atoms with Crippen LogP contribution in [0, 0.1) is 0 Å². The van der Waals surface area contributed by atoms with Crippen LogP contribution < -0.4 is 0 Å². The fourth-order valence-corrected chi connectivity index (χ4v) is 0.153. The second-order valence-corrected chi connectivity index (χ2v) is 2.83. The molecular formula is C4H12O7S. The van der Waals surface area contributed by atoms with Gasteiger partial charge in [-0.15, -0.1) is 0 Å². The predicted octanol–water partition coefficient (Wildman–Crippen LogP) is -1.93. The highest BCUT2D eigenvalue weighted by Crippen LogP contribution is 1.87. The van der Waals surface area contributed by atoms with Crippen molar-refractivity contribution in [1.82, 2.24) is 0 Å². The number of hydrogen-bond donors (Lipinski definition) is 5. The molecule has 0 spiro atoms. The monoisotopic (exact) mass is 204 g/mol. The van der Waals surface area contributed by atoms with Gasteiger partial charge in [-0.25, -0.2) is 0 Å². The van der Waals surface area contributed by atoms with Gasteiger partial charge in [-0.2, -0.15) is 8.42 Å². The van der Waals surface area contributed by atoms with Crippen molar-refractivity contribution in [1.29, 1.82) is 0 Å². The molecular weight excluding hydrogens is 192 g/mol. The van der Waals surface area contributed by atoms with Crippen molar-refractivity contribution in [2.75, 3.05) is 6.61 Å².